The Morgan fingerprint density at radius 1 is 1.26 bits per heavy atom. The van der Waals surface area contributed by atoms with Crippen LogP contribution in [0.15, 0.2) is 35.5 Å². The highest BCUT2D eigenvalue weighted by Crippen LogP contribution is 2.32. The van der Waals surface area contributed by atoms with E-state index in [1.54, 1.807) is 32.1 Å². The van der Waals surface area contributed by atoms with Crippen LogP contribution in [0.4, 0.5) is 8.78 Å². The lowest BCUT2D eigenvalue weighted by molar-refractivity contribution is -0.136. The number of rotatable bonds is 7. The predicted molar refractivity (Wildman–Crippen MR) is 125 cm³/mol. The van der Waals surface area contributed by atoms with E-state index in [0.29, 0.717) is 12.1 Å². The summed E-state index contributed by atoms with van der Waals surface area (Å²) in [5, 5.41) is 2.60. The van der Waals surface area contributed by atoms with Gasteiger partial charge in [0, 0.05) is 24.6 Å². The zero-order valence-corrected chi connectivity index (χ0v) is 20.2. The zero-order chi connectivity index (χ0) is 24.6. The SMILES string of the molecule is CC.CC/C=C/C=C(\C=C(/C)CN)C(=O)NC(C)C(=O)N1CC(F)(F)CC1C.CCN. The quantitative estimate of drug-likeness (QED) is 0.413. The van der Waals surface area contributed by atoms with Crippen LogP contribution in [0.25, 0.3) is 0 Å². The highest BCUT2D eigenvalue weighted by atomic mass is 19.3. The Kier molecular flexibility index (Phi) is 16.7. The van der Waals surface area contributed by atoms with Gasteiger partial charge in [-0.1, -0.05) is 45.4 Å². The topological polar surface area (TPSA) is 101 Å². The number of nitrogens with two attached hydrogens (primary N) is 2. The fraction of sp³-hybridized carbons (Fsp3) is 0.652. The summed E-state index contributed by atoms with van der Waals surface area (Å²) >= 11 is 0. The maximum Gasteiger partial charge on any atom is 0.267 e. The molecule has 5 N–H and O–H groups in total. The molecule has 1 heterocycles. The Morgan fingerprint density at radius 3 is 2.23 bits per heavy atom. The van der Waals surface area contributed by atoms with E-state index in [1.807, 2.05) is 33.8 Å². The van der Waals surface area contributed by atoms with Gasteiger partial charge in [-0.05, 0) is 45.9 Å². The molecule has 0 aromatic rings. The van der Waals surface area contributed by atoms with Gasteiger partial charge in [0.15, 0.2) is 0 Å². The first-order chi connectivity index (χ1) is 14.5. The first-order valence-electron chi connectivity index (χ1n) is 11.0. The van der Waals surface area contributed by atoms with Gasteiger partial charge in [0.2, 0.25) is 5.91 Å². The van der Waals surface area contributed by atoms with Gasteiger partial charge < -0.3 is 21.7 Å². The second-order valence-electron chi connectivity index (χ2n) is 7.13. The standard InChI is InChI=1S/C19H29F2N3O2.C2H7N.C2H6/c1-5-6-7-8-16(9-13(2)11-22)17(25)23-15(4)18(26)24-12-19(20,21)10-14(24)3;1-2-3;1-2/h6-9,14-15H,5,10-12,22H2,1-4H3,(H,23,25);2-3H2,1H3;1-2H3/b7-6+,13-9+,16-8+;;. The number of carbonyl (C=O) groups excluding carboxylic acids is 2. The van der Waals surface area contributed by atoms with E-state index in [2.05, 4.69) is 5.32 Å². The first kappa shape index (κ1) is 31.1. The van der Waals surface area contributed by atoms with Crippen molar-refractivity contribution < 1.29 is 18.4 Å². The molecule has 2 amide bonds. The molecule has 8 heteroatoms. The van der Waals surface area contributed by atoms with E-state index in [9.17, 15) is 18.4 Å². The molecular weight excluding hydrogens is 402 g/mol. The number of hydrogen-bond donors (Lipinski definition) is 3. The van der Waals surface area contributed by atoms with E-state index in [-0.39, 0.29) is 6.42 Å². The monoisotopic (exact) mass is 444 g/mol. The van der Waals surface area contributed by atoms with Crippen LogP contribution in [0.1, 0.15) is 61.3 Å². The fourth-order valence-electron chi connectivity index (χ4n) is 2.72. The summed E-state index contributed by atoms with van der Waals surface area (Å²) in [4.78, 5) is 26.1. The molecule has 6 nitrogen and oxygen atoms in total. The molecule has 0 aliphatic carbocycles. The molecule has 2 atom stereocenters. The number of alkyl halides is 2. The Labute approximate surface area is 186 Å². The summed E-state index contributed by atoms with van der Waals surface area (Å²) in [5.74, 6) is -3.83. The van der Waals surface area contributed by atoms with Crippen molar-refractivity contribution in [1.82, 2.24) is 10.2 Å². The molecule has 0 aromatic carbocycles. The minimum Gasteiger partial charge on any atom is -0.341 e. The summed E-state index contributed by atoms with van der Waals surface area (Å²) in [7, 11) is 0. The number of allylic oxidation sites excluding steroid dienone is 3. The van der Waals surface area contributed by atoms with E-state index in [1.165, 1.54) is 6.92 Å². The third-order valence-corrected chi connectivity index (χ3v) is 4.16. The summed E-state index contributed by atoms with van der Waals surface area (Å²) in [6, 6.07) is -1.46. The van der Waals surface area contributed by atoms with Crippen molar-refractivity contribution in [2.75, 3.05) is 19.6 Å². The summed E-state index contributed by atoms with van der Waals surface area (Å²) in [6.45, 7) is 13.2. The predicted octanol–water partition coefficient (Wildman–Crippen LogP) is 3.54. The molecule has 0 radical (unpaired) electrons. The number of likely N-dealkylation sites (tertiary alicyclic amines) is 1. The lowest BCUT2D eigenvalue weighted by Crippen LogP contribution is -2.48. The van der Waals surface area contributed by atoms with Crippen molar-refractivity contribution >= 4 is 11.8 Å². The lowest BCUT2D eigenvalue weighted by atomic mass is 10.1. The third-order valence-electron chi connectivity index (χ3n) is 4.16. The lowest BCUT2D eigenvalue weighted by Gasteiger charge is -2.25. The van der Waals surface area contributed by atoms with Crippen molar-refractivity contribution in [1.29, 1.82) is 0 Å². The molecule has 31 heavy (non-hydrogen) atoms. The minimum atomic E-state index is -2.88. The Balaban J connectivity index is 0. The summed E-state index contributed by atoms with van der Waals surface area (Å²) in [5.41, 5.74) is 11.6. The molecule has 0 aromatic heterocycles. The maximum atomic E-state index is 13.5. The molecule has 1 aliphatic heterocycles. The molecule has 1 aliphatic rings. The van der Waals surface area contributed by atoms with Crippen molar-refractivity contribution in [3.8, 4) is 0 Å². The van der Waals surface area contributed by atoms with Crippen LogP contribution < -0.4 is 16.8 Å². The second-order valence-corrected chi connectivity index (χ2v) is 7.13. The molecule has 2 unspecified atom stereocenters. The normalized spacial score (nSPS) is 19.2. The number of carbonyl (C=O) groups is 2. The van der Waals surface area contributed by atoms with Gasteiger partial charge in [-0.25, -0.2) is 8.78 Å². The average molecular weight is 445 g/mol. The van der Waals surface area contributed by atoms with Crippen LogP contribution in [-0.4, -0.2) is 54.4 Å². The van der Waals surface area contributed by atoms with Crippen molar-refractivity contribution in [3.63, 3.8) is 0 Å². The van der Waals surface area contributed by atoms with Crippen LogP contribution in [-0.2, 0) is 9.59 Å². The summed E-state index contributed by atoms with van der Waals surface area (Å²) < 4.78 is 27.0. The van der Waals surface area contributed by atoms with E-state index in [0.717, 1.165) is 23.4 Å². The van der Waals surface area contributed by atoms with Crippen molar-refractivity contribution in [3.05, 3.63) is 35.5 Å². The first-order valence-corrected chi connectivity index (χ1v) is 11.0. The van der Waals surface area contributed by atoms with Gasteiger partial charge in [0.25, 0.3) is 11.8 Å². The van der Waals surface area contributed by atoms with E-state index < -0.39 is 36.4 Å². The maximum absolute atomic E-state index is 13.5. The van der Waals surface area contributed by atoms with Crippen LogP contribution >= 0.6 is 0 Å². The van der Waals surface area contributed by atoms with Gasteiger partial charge in [-0.3, -0.25) is 9.59 Å². The molecular formula is C23H42F2N4O2. The Bertz CT molecular complexity index is 631. The van der Waals surface area contributed by atoms with Gasteiger partial charge in [-0.15, -0.1) is 0 Å². The summed E-state index contributed by atoms with van der Waals surface area (Å²) in [6.07, 6.45) is 7.40. The second kappa shape index (κ2) is 16.6. The van der Waals surface area contributed by atoms with Gasteiger partial charge in [0.05, 0.1) is 6.54 Å². The number of halogens is 2. The molecule has 180 valence electrons. The fourth-order valence-corrected chi connectivity index (χ4v) is 2.72. The minimum absolute atomic E-state index is 0.303. The van der Waals surface area contributed by atoms with E-state index in [4.69, 9.17) is 11.5 Å². The number of hydrogen-bond acceptors (Lipinski definition) is 4. The van der Waals surface area contributed by atoms with Gasteiger partial charge in [-0.2, -0.15) is 0 Å². The highest BCUT2D eigenvalue weighted by molar-refractivity contribution is 5.99. The molecule has 1 saturated heterocycles. The van der Waals surface area contributed by atoms with Crippen molar-refractivity contribution in [2.45, 2.75) is 79.3 Å². The molecule has 1 rings (SSSR count). The Hall–Kier alpha value is -2.06. The van der Waals surface area contributed by atoms with Gasteiger partial charge in [0.1, 0.15) is 6.04 Å². The number of amides is 2. The highest BCUT2D eigenvalue weighted by Gasteiger charge is 2.45. The van der Waals surface area contributed by atoms with Crippen molar-refractivity contribution in [2.24, 2.45) is 11.5 Å². The Morgan fingerprint density at radius 2 is 1.81 bits per heavy atom. The molecule has 0 spiro atoms. The number of nitrogens with one attached hydrogen (secondary N) is 1. The molecule has 0 saturated carbocycles. The van der Waals surface area contributed by atoms with Crippen LogP contribution in [0.5, 0.6) is 0 Å². The van der Waals surface area contributed by atoms with Gasteiger partial charge >= 0.3 is 0 Å². The molecule has 0 bridgehead atoms. The third kappa shape index (κ3) is 12.4. The zero-order valence-electron chi connectivity index (χ0n) is 20.2. The largest absolute Gasteiger partial charge is 0.341 e. The molecule has 1 fully saturated rings. The smallest absolute Gasteiger partial charge is 0.267 e. The van der Waals surface area contributed by atoms with Crippen LogP contribution in [0.3, 0.4) is 0 Å². The number of nitrogens with zero attached hydrogens (tertiary/aromatic N) is 1. The average Bonchev–Trinajstić information content (AvgIpc) is 3.00. The van der Waals surface area contributed by atoms with Crippen LogP contribution in [0.2, 0.25) is 0 Å². The van der Waals surface area contributed by atoms with Crippen LogP contribution in [0, 0.1) is 0 Å². The van der Waals surface area contributed by atoms with E-state index >= 15 is 0 Å².